The molecule has 2 aromatic carbocycles. The van der Waals surface area contributed by atoms with Crippen molar-refractivity contribution >= 4 is 27.5 Å². The third-order valence-electron chi connectivity index (χ3n) is 5.15. The third kappa shape index (κ3) is 7.61. The van der Waals surface area contributed by atoms with Crippen molar-refractivity contribution in [2.45, 2.75) is 32.6 Å². The Kier molecular flexibility index (Phi) is 9.13. The van der Waals surface area contributed by atoms with E-state index < -0.39 is 46.2 Å². The number of nitrogens with one attached hydrogen (secondary N) is 1. The number of anilines is 1. The maximum atomic E-state index is 13.4. The Bertz CT molecular complexity index is 1160. The van der Waals surface area contributed by atoms with Gasteiger partial charge in [-0.2, -0.15) is 13.2 Å². The molecule has 2 aromatic rings. The van der Waals surface area contributed by atoms with Gasteiger partial charge in [0.1, 0.15) is 18.3 Å². The Labute approximate surface area is 202 Å². The normalized spacial score (nSPS) is 12.5. The summed E-state index contributed by atoms with van der Waals surface area (Å²) in [6, 6.07) is 9.46. The van der Waals surface area contributed by atoms with Crippen molar-refractivity contribution in [3.63, 3.8) is 0 Å². The van der Waals surface area contributed by atoms with Gasteiger partial charge in [-0.15, -0.1) is 0 Å². The summed E-state index contributed by atoms with van der Waals surface area (Å²) in [5.74, 6) is -0.717. The molecule has 2 amide bonds. The Morgan fingerprint density at radius 2 is 1.77 bits per heavy atom. The second-order valence-corrected chi connectivity index (χ2v) is 9.67. The number of carbonyl (C=O) groups excluding carboxylic acids is 2. The molecule has 0 aromatic heterocycles. The van der Waals surface area contributed by atoms with E-state index in [0.29, 0.717) is 28.2 Å². The highest BCUT2D eigenvalue weighted by Gasteiger charge is 2.33. The molecule has 1 N–H and O–H groups in total. The van der Waals surface area contributed by atoms with Crippen LogP contribution in [0.4, 0.5) is 18.9 Å². The number of nitrogens with zero attached hydrogens (tertiary/aromatic N) is 2. The average Bonchev–Trinajstić information content (AvgIpc) is 2.79. The molecule has 0 saturated carbocycles. The summed E-state index contributed by atoms with van der Waals surface area (Å²) in [4.78, 5) is 27.0. The van der Waals surface area contributed by atoms with Crippen molar-refractivity contribution in [3.8, 4) is 5.75 Å². The first-order valence-corrected chi connectivity index (χ1v) is 12.5. The summed E-state index contributed by atoms with van der Waals surface area (Å²) in [6.45, 7) is 2.64. The standard InChI is InChI=1S/C23H28F3N3O5S/c1-5-27-22(31)16(2)28(14-17-8-6-11-20(12-17)34-3)21(30)15-29(35(4,32)33)19-10-7-9-18(13-19)23(24,25)26/h6-13,16H,5,14-15H2,1-4H3,(H,27,31). The van der Waals surface area contributed by atoms with Crippen molar-refractivity contribution in [2.24, 2.45) is 0 Å². The summed E-state index contributed by atoms with van der Waals surface area (Å²) < 4.78 is 70.3. The van der Waals surface area contributed by atoms with Gasteiger partial charge in [-0.05, 0) is 49.7 Å². The number of methoxy groups -OCH3 is 1. The molecule has 0 heterocycles. The molecular formula is C23H28F3N3O5S. The fourth-order valence-corrected chi connectivity index (χ4v) is 4.16. The van der Waals surface area contributed by atoms with Gasteiger partial charge in [0.2, 0.25) is 21.8 Å². The van der Waals surface area contributed by atoms with Gasteiger partial charge in [-0.25, -0.2) is 8.42 Å². The fourth-order valence-electron chi connectivity index (χ4n) is 3.32. The first kappa shape index (κ1) is 28.0. The number of hydrogen-bond acceptors (Lipinski definition) is 5. The van der Waals surface area contributed by atoms with Crippen molar-refractivity contribution in [3.05, 3.63) is 59.7 Å². The number of carbonyl (C=O) groups is 2. The summed E-state index contributed by atoms with van der Waals surface area (Å²) in [7, 11) is -2.68. The number of hydrogen-bond donors (Lipinski definition) is 1. The molecule has 8 nitrogen and oxygen atoms in total. The van der Waals surface area contributed by atoms with Crippen molar-refractivity contribution in [2.75, 3.05) is 30.8 Å². The van der Waals surface area contributed by atoms with Crippen LogP contribution in [0, 0.1) is 0 Å². The number of ether oxygens (including phenoxy) is 1. The number of sulfonamides is 1. The minimum atomic E-state index is -4.70. The molecule has 0 saturated heterocycles. The lowest BCUT2D eigenvalue weighted by Crippen LogP contribution is -2.51. The van der Waals surface area contributed by atoms with Crippen LogP contribution in [0.3, 0.4) is 0 Å². The zero-order valence-corrected chi connectivity index (χ0v) is 20.6. The zero-order chi connectivity index (χ0) is 26.4. The van der Waals surface area contributed by atoms with Crippen molar-refractivity contribution < 1.29 is 35.9 Å². The molecular weight excluding hydrogens is 487 g/mol. The first-order valence-electron chi connectivity index (χ1n) is 10.6. The van der Waals surface area contributed by atoms with E-state index in [1.807, 2.05) is 0 Å². The highest BCUT2D eigenvalue weighted by molar-refractivity contribution is 7.92. The summed E-state index contributed by atoms with van der Waals surface area (Å²) >= 11 is 0. The quantitative estimate of drug-likeness (QED) is 0.525. The highest BCUT2D eigenvalue weighted by Crippen LogP contribution is 2.32. The summed E-state index contributed by atoms with van der Waals surface area (Å²) in [5.41, 5.74) is -0.762. The largest absolute Gasteiger partial charge is 0.497 e. The van der Waals surface area contributed by atoms with Gasteiger partial charge in [-0.3, -0.25) is 13.9 Å². The predicted molar refractivity (Wildman–Crippen MR) is 125 cm³/mol. The Balaban J connectivity index is 2.45. The van der Waals surface area contributed by atoms with E-state index in [0.717, 1.165) is 18.4 Å². The summed E-state index contributed by atoms with van der Waals surface area (Å²) in [5, 5.41) is 2.61. The van der Waals surface area contributed by atoms with Crippen molar-refractivity contribution in [1.29, 1.82) is 0 Å². The Morgan fingerprint density at radius 1 is 1.11 bits per heavy atom. The maximum Gasteiger partial charge on any atom is 0.416 e. The number of rotatable bonds is 10. The molecule has 1 unspecified atom stereocenters. The van der Waals surface area contributed by atoms with Gasteiger partial charge in [0.15, 0.2) is 0 Å². The van der Waals surface area contributed by atoms with E-state index in [1.165, 1.54) is 25.0 Å². The van der Waals surface area contributed by atoms with Crippen molar-refractivity contribution in [1.82, 2.24) is 10.2 Å². The number of likely N-dealkylation sites (N-methyl/N-ethyl adjacent to an activating group) is 1. The molecule has 0 aliphatic carbocycles. The number of halogens is 3. The lowest BCUT2D eigenvalue weighted by Gasteiger charge is -2.31. The van der Waals surface area contributed by atoms with E-state index in [9.17, 15) is 31.2 Å². The second-order valence-electron chi connectivity index (χ2n) is 7.76. The molecule has 0 aliphatic rings. The second kappa shape index (κ2) is 11.4. The molecule has 0 fully saturated rings. The zero-order valence-electron chi connectivity index (χ0n) is 19.8. The van der Waals surface area contributed by atoms with Crippen LogP contribution in [-0.2, 0) is 32.3 Å². The molecule has 0 spiro atoms. The maximum absolute atomic E-state index is 13.4. The number of amides is 2. The smallest absolute Gasteiger partial charge is 0.416 e. The van der Waals surface area contributed by atoms with Gasteiger partial charge < -0.3 is 15.0 Å². The lowest BCUT2D eigenvalue weighted by molar-refractivity contribution is -0.139. The number of alkyl halides is 3. The molecule has 0 bridgehead atoms. The van der Waals surface area contributed by atoms with Crippen LogP contribution in [0.2, 0.25) is 0 Å². The van der Waals surface area contributed by atoms with Crippen LogP contribution in [0.15, 0.2) is 48.5 Å². The van der Waals surface area contributed by atoms with Crippen LogP contribution >= 0.6 is 0 Å². The highest BCUT2D eigenvalue weighted by atomic mass is 32.2. The number of benzene rings is 2. The fraction of sp³-hybridized carbons (Fsp3) is 0.391. The van der Waals surface area contributed by atoms with E-state index >= 15 is 0 Å². The summed E-state index contributed by atoms with van der Waals surface area (Å²) in [6.07, 6.45) is -3.91. The van der Waals surface area contributed by atoms with Gasteiger partial charge in [-0.1, -0.05) is 18.2 Å². The lowest BCUT2D eigenvalue weighted by atomic mass is 10.1. The van der Waals surface area contributed by atoms with Crippen LogP contribution in [0.25, 0.3) is 0 Å². The van der Waals surface area contributed by atoms with E-state index in [2.05, 4.69) is 5.32 Å². The molecule has 192 valence electrons. The van der Waals surface area contributed by atoms with Crippen LogP contribution in [-0.4, -0.2) is 57.6 Å². The molecule has 12 heteroatoms. The van der Waals surface area contributed by atoms with Gasteiger partial charge in [0, 0.05) is 13.1 Å². The predicted octanol–water partition coefficient (Wildman–Crippen LogP) is 3.03. The van der Waals surface area contributed by atoms with Gasteiger partial charge in [0.25, 0.3) is 0 Å². The van der Waals surface area contributed by atoms with E-state index in [-0.39, 0.29) is 12.2 Å². The average molecular weight is 516 g/mol. The van der Waals surface area contributed by atoms with Crippen LogP contribution in [0.5, 0.6) is 5.75 Å². The minimum absolute atomic E-state index is 0.0610. The Hall–Kier alpha value is -3.28. The third-order valence-corrected chi connectivity index (χ3v) is 6.29. The van der Waals surface area contributed by atoms with Gasteiger partial charge in [0.05, 0.1) is 24.6 Å². The molecule has 0 aliphatic heterocycles. The van der Waals surface area contributed by atoms with Crippen LogP contribution in [0.1, 0.15) is 25.0 Å². The van der Waals surface area contributed by atoms with E-state index in [4.69, 9.17) is 4.74 Å². The monoisotopic (exact) mass is 515 g/mol. The Morgan fingerprint density at radius 3 is 2.34 bits per heavy atom. The van der Waals surface area contributed by atoms with E-state index in [1.54, 1.807) is 31.2 Å². The first-order chi connectivity index (χ1) is 16.3. The molecule has 0 radical (unpaired) electrons. The molecule has 2 rings (SSSR count). The molecule has 35 heavy (non-hydrogen) atoms. The van der Waals surface area contributed by atoms with Gasteiger partial charge >= 0.3 is 6.18 Å². The minimum Gasteiger partial charge on any atom is -0.497 e. The topological polar surface area (TPSA) is 96.0 Å². The SMILES string of the molecule is CCNC(=O)C(C)N(Cc1cccc(OC)c1)C(=O)CN(c1cccc(C(F)(F)F)c1)S(C)(=O)=O. The molecule has 1 atom stereocenters. The van der Waals surface area contributed by atoms with Crippen LogP contribution < -0.4 is 14.4 Å².